The summed E-state index contributed by atoms with van der Waals surface area (Å²) in [5.74, 6) is 0.171. The zero-order valence-electron chi connectivity index (χ0n) is 15.7. The first-order valence-corrected chi connectivity index (χ1v) is 9.54. The number of piperidine rings is 1. The van der Waals surface area contributed by atoms with E-state index in [4.69, 9.17) is 0 Å². The van der Waals surface area contributed by atoms with E-state index < -0.39 is 0 Å². The van der Waals surface area contributed by atoms with Gasteiger partial charge >= 0.3 is 0 Å². The second-order valence-electron chi connectivity index (χ2n) is 7.91. The van der Waals surface area contributed by atoms with E-state index in [1.165, 1.54) is 11.9 Å². The number of aromatic nitrogens is 3. The van der Waals surface area contributed by atoms with Crippen LogP contribution in [0.1, 0.15) is 60.8 Å². The molecule has 2 aromatic rings. The highest BCUT2D eigenvalue weighted by molar-refractivity contribution is 5.90. The Bertz CT molecular complexity index is 838. The molecule has 2 heterocycles. The smallest absolute Gasteiger partial charge is 0.291 e. The lowest BCUT2D eigenvalue weighted by Crippen LogP contribution is -2.45. The number of fused-ring (bicyclic) bond motifs is 2. The van der Waals surface area contributed by atoms with Crippen LogP contribution in [0.3, 0.4) is 0 Å². The number of rotatable bonds is 3. The van der Waals surface area contributed by atoms with Crippen molar-refractivity contribution in [2.75, 3.05) is 13.1 Å². The molecular weight excluding hydrogens is 342 g/mol. The van der Waals surface area contributed by atoms with Gasteiger partial charge in [0, 0.05) is 24.5 Å². The number of nitrogens with zero attached hydrogens (tertiary/aromatic N) is 3. The van der Waals surface area contributed by atoms with E-state index in [9.17, 15) is 9.59 Å². The van der Waals surface area contributed by atoms with Crippen molar-refractivity contribution in [1.82, 2.24) is 25.4 Å². The third kappa shape index (κ3) is 3.11. The average Bonchev–Trinajstić information content (AvgIpc) is 3.29. The Labute approximate surface area is 158 Å². The number of carbonyl (C=O) groups excluding carboxylic acids is 2. The SMILES string of the molecule is CC(C)NC(=O)C1CC2(CCN(C(=O)c3ncn[nH]3)CC2)c2ccccc21. The van der Waals surface area contributed by atoms with Crippen LogP contribution in [0.25, 0.3) is 0 Å². The highest BCUT2D eigenvalue weighted by atomic mass is 16.2. The molecule has 0 radical (unpaired) electrons. The van der Waals surface area contributed by atoms with Gasteiger partial charge in [-0.05, 0) is 44.2 Å². The maximum absolute atomic E-state index is 12.8. The first-order valence-electron chi connectivity index (χ1n) is 9.54. The molecule has 2 amide bonds. The van der Waals surface area contributed by atoms with Crippen LogP contribution in [-0.4, -0.2) is 51.0 Å². The number of hydrogen-bond donors (Lipinski definition) is 2. The molecular formula is C20H25N5O2. The third-order valence-corrected chi connectivity index (χ3v) is 5.88. The summed E-state index contributed by atoms with van der Waals surface area (Å²) >= 11 is 0. The van der Waals surface area contributed by atoms with Gasteiger partial charge in [0.2, 0.25) is 11.7 Å². The van der Waals surface area contributed by atoms with Crippen molar-refractivity contribution in [3.8, 4) is 0 Å². The van der Waals surface area contributed by atoms with Crippen molar-refractivity contribution >= 4 is 11.8 Å². The molecule has 1 aromatic heterocycles. The van der Waals surface area contributed by atoms with Gasteiger partial charge in [0.1, 0.15) is 6.33 Å². The van der Waals surface area contributed by atoms with Gasteiger partial charge in [0.25, 0.3) is 5.91 Å². The van der Waals surface area contributed by atoms with Crippen molar-refractivity contribution in [3.05, 3.63) is 47.5 Å². The van der Waals surface area contributed by atoms with Crippen molar-refractivity contribution < 1.29 is 9.59 Å². The number of nitrogens with one attached hydrogen (secondary N) is 2. The largest absolute Gasteiger partial charge is 0.353 e. The van der Waals surface area contributed by atoms with Crippen molar-refractivity contribution in [3.63, 3.8) is 0 Å². The normalized spacial score (nSPS) is 20.7. The highest BCUT2D eigenvalue weighted by Crippen LogP contribution is 2.51. The van der Waals surface area contributed by atoms with Gasteiger partial charge < -0.3 is 10.2 Å². The molecule has 7 heteroatoms. The summed E-state index contributed by atoms with van der Waals surface area (Å²) in [5.41, 5.74) is 2.39. The molecule has 1 aliphatic carbocycles. The second kappa shape index (κ2) is 6.79. The zero-order chi connectivity index (χ0) is 19.0. The summed E-state index contributed by atoms with van der Waals surface area (Å²) in [6.45, 7) is 5.29. The van der Waals surface area contributed by atoms with E-state index in [0.717, 1.165) is 24.8 Å². The molecule has 1 aromatic carbocycles. The van der Waals surface area contributed by atoms with Gasteiger partial charge in [-0.2, -0.15) is 5.10 Å². The number of amides is 2. The summed E-state index contributed by atoms with van der Waals surface area (Å²) in [4.78, 5) is 31.1. The fourth-order valence-corrected chi connectivity index (χ4v) is 4.58. The maximum atomic E-state index is 12.8. The van der Waals surface area contributed by atoms with Gasteiger partial charge in [-0.3, -0.25) is 14.7 Å². The summed E-state index contributed by atoms with van der Waals surface area (Å²) < 4.78 is 0. The molecule has 27 heavy (non-hydrogen) atoms. The number of hydrogen-bond acceptors (Lipinski definition) is 4. The molecule has 142 valence electrons. The summed E-state index contributed by atoms with van der Waals surface area (Å²) in [7, 11) is 0. The summed E-state index contributed by atoms with van der Waals surface area (Å²) in [5, 5.41) is 9.48. The number of benzene rings is 1. The fraction of sp³-hybridized carbons (Fsp3) is 0.500. The topological polar surface area (TPSA) is 91.0 Å². The molecule has 1 aliphatic heterocycles. The Kier molecular flexibility index (Phi) is 4.45. The Morgan fingerprint density at radius 1 is 1.26 bits per heavy atom. The quantitative estimate of drug-likeness (QED) is 0.868. The Balaban J connectivity index is 1.54. The number of carbonyl (C=O) groups is 2. The Morgan fingerprint density at radius 2 is 2.00 bits per heavy atom. The number of aromatic amines is 1. The molecule has 7 nitrogen and oxygen atoms in total. The molecule has 2 N–H and O–H groups in total. The first-order chi connectivity index (χ1) is 13.0. The zero-order valence-corrected chi connectivity index (χ0v) is 15.7. The Morgan fingerprint density at radius 3 is 2.67 bits per heavy atom. The molecule has 1 fully saturated rings. The minimum Gasteiger partial charge on any atom is -0.353 e. The predicted molar refractivity (Wildman–Crippen MR) is 100 cm³/mol. The van der Waals surface area contributed by atoms with Crippen LogP contribution in [0.2, 0.25) is 0 Å². The predicted octanol–water partition coefficient (Wildman–Crippen LogP) is 1.99. The van der Waals surface area contributed by atoms with Crippen molar-refractivity contribution in [2.24, 2.45) is 0 Å². The molecule has 1 atom stereocenters. The van der Waals surface area contributed by atoms with Crippen molar-refractivity contribution in [1.29, 1.82) is 0 Å². The van der Waals surface area contributed by atoms with Crippen LogP contribution in [0.5, 0.6) is 0 Å². The monoisotopic (exact) mass is 367 g/mol. The van der Waals surface area contributed by atoms with Crippen LogP contribution in [-0.2, 0) is 10.2 Å². The lowest BCUT2D eigenvalue weighted by atomic mass is 9.73. The molecule has 1 saturated heterocycles. The van der Waals surface area contributed by atoms with Gasteiger partial charge in [-0.1, -0.05) is 24.3 Å². The van der Waals surface area contributed by atoms with E-state index >= 15 is 0 Å². The molecule has 4 rings (SSSR count). The molecule has 1 unspecified atom stereocenters. The fourth-order valence-electron chi connectivity index (χ4n) is 4.58. The van der Waals surface area contributed by atoms with Crippen molar-refractivity contribution in [2.45, 2.75) is 50.5 Å². The lowest BCUT2D eigenvalue weighted by molar-refractivity contribution is -0.123. The van der Waals surface area contributed by atoms with Crippen LogP contribution in [0.15, 0.2) is 30.6 Å². The maximum Gasteiger partial charge on any atom is 0.291 e. The Hall–Kier alpha value is -2.70. The molecule has 1 spiro atoms. The first kappa shape index (κ1) is 17.7. The van der Waals surface area contributed by atoms with Gasteiger partial charge in [-0.15, -0.1) is 0 Å². The van der Waals surface area contributed by atoms with Gasteiger partial charge in [0.15, 0.2) is 0 Å². The minimum absolute atomic E-state index is 0.0340. The van der Waals surface area contributed by atoms with E-state index in [2.05, 4.69) is 38.7 Å². The molecule has 2 aliphatic rings. The minimum atomic E-state index is -0.111. The van der Waals surface area contributed by atoms with Crippen LogP contribution >= 0.6 is 0 Å². The number of likely N-dealkylation sites (tertiary alicyclic amines) is 1. The van der Waals surface area contributed by atoms with Gasteiger partial charge in [-0.25, -0.2) is 4.98 Å². The van der Waals surface area contributed by atoms with E-state index in [-0.39, 0.29) is 35.0 Å². The molecule has 0 saturated carbocycles. The summed E-state index contributed by atoms with van der Waals surface area (Å²) in [6, 6.07) is 8.43. The third-order valence-electron chi connectivity index (χ3n) is 5.88. The van der Waals surface area contributed by atoms with Crippen LogP contribution in [0, 0.1) is 0 Å². The average molecular weight is 367 g/mol. The van der Waals surface area contributed by atoms with Crippen LogP contribution < -0.4 is 5.32 Å². The standard InChI is InChI=1S/C20H25N5O2/c1-13(2)23-18(26)15-11-20(16-6-4-3-5-14(15)16)7-9-25(10-8-20)19(27)17-21-12-22-24-17/h3-6,12-13,15H,7-11H2,1-2H3,(H,23,26)(H,21,22,24). The highest BCUT2D eigenvalue weighted by Gasteiger charge is 2.48. The van der Waals surface area contributed by atoms with E-state index in [1.807, 2.05) is 24.8 Å². The molecule has 0 bridgehead atoms. The van der Waals surface area contributed by atoms with E-state index in [0.29, 0.717) is 13.1 Å². The second-order valence-corrected chi connectivity index (χ2v) is 7.91. The lowest BCUT2D eigenvalue weighted by Gasteiger charge is -2.40. The number of H-pyrrole nitrogens is 1. The van der Waals surface area contributed by atoms with Gasteiger partial charge in [0.05, 0.1) is 5.92 Å². The summed E-state index contributed by atoms with van der Waals surface area (Å²) in [6.07, 6.45) is 3.88. The van der Waals surface area contributed by atoms with Crippen LogP contribution in [0.4, 0.5) is 0 Å². The van der Waals surface area contributed by atoms with E-state index in [1.54, 1.807) is 0 Å².